The predicted octanol–water partition coefficient (Wildman–Crippen LogP) is 2.24. The molecule has 0 aromatic heterocycles. The van der Waals surface area contributed by atoms with Crippen molar-refractivity contribution in [2.75, 3.05) is 24.2 Å². The molecule has 1 aromatic rings. The Morgan fingerprint density at radius 2 is 2.33 bits per heavy atom. The van der Waals surface area contributed by atoms with Crippen LogP contribution in [-0.4, -0.2) is 34.9 Å². The minimum atomic E-state index is -0.361. The second kappa shape index (κ2) is 5.39. The molecule has 1 aromatic carbocycles. The topological polar surface area (TPSA) is 49.4 Å². The van der Waals surface area contributed by atoms with Gasteiger partial charge in [-0.3, -0.25) is 9.59 Å². The highest BCUT2D eigenvalue weighted by molar-refractivity contribution is 8.13. The van der Waals surface area contributed by atoms with Crippen LogP contribution >= 0.6 is 11.8 Å². The molecule has 4 nitrogen and oxygen atoms in total. The molecule has 0 radical (unpaired) electrons. The Labute approximate surface area is 109 Å². The molecule has 0 bridgehead atoms. The molecule has 0 unspecified atom stereocenters. The van der Waals surface area contributed by atoms with Crippen molar-refractivity contribution in [1.82, 2.24) is 4.90 Å². The normalized spacial score (nSPS) is 15.0. The van der Waals surface area contributed by atoms with E-state index in [-0.39, 0.29) is 23.5 Å². The van der Waals surface area contributed by atoms with E-state index in [4.69, 9.17) is 0 Å². The molecule has 1 aliphatic rings. The highest BCUT2D eigenvalue weighted by Gasteiger charge is 2.23. The average molecular weight is 268 g/mol. The van der Waals surface area contributed by atoms with Gasteiger partial charge in [-0.25, -0.2) is 4.39 Å². The monoisotopic (exact) mass is 268 g/mol. The maximum atomic E-state index is 13.3. The van der Waals surface area contributed by atoms with Gasteiger partial charge in [0, 0.05) is 18.0 Å². The van der Waals surface area contributed by atoms with Crippen LogP contribution in [0, 0.1) is 12.7 Å². The van der Waals surface area contributed by atoms with Crippen LogP contribution in [0.5, 0.6) is 0 Å². The van der Waals surface area contributed by atoms with Crippen LogP contribution in [-0.2, 0) is 4.79 Å². The number of hydrogen-bond donors (Lipinski definition) is 1. The van der Waals surface area contributed by atoms with Crippen molar-refractivity contribution in [2.45, 2.75) is 6.92 Å². The molecule has 0 saturated carbocycles. The van der Waals surface area contributed by atoms with Crippen LogP contribution in [0.25, 0.3) is 0 Å². The molecule has 1 N–H and O–H groups in total. The van der Waals surface area contributed by atoms with Gasteiger partial charge in [0.2, 0.25) is 5.91 Å². The molecule has 1 heterocycles. The van der Waals surface area contributed by atoms with Gasteiger partial charge in [0.05, 0.1) is 0 Å². The Balaban J connectivity index is 1.94. The number of benzene rings is 1. The summed E-state index contributed by atoms with van der Waals surface area (Å²) in [7, 11) is 0. The van der Waals surface area contributed by atoms with Gasteiger partial charge in [0.25, 0.3) is 5.24 Å². The Hall–Kier alpha value is -1.56. The van der Waals surface area contributed by atoms with Crippen molar-refractivity contribution in [3.63, 3.8) is 0 Å². The minimum absolute atomic E-state index is 0.0152. The van der Waals surface area contributed by atoms with Gasteiger partial charge < -0.3 is 10.2 Å². The summed E-state index contributed by atoms with van der Waals surface area (Å²) < 4.78 is 13.3. The average Bonchev–Trinajstić information content (AvgIpc) is 2.70. The van der Waals surface area contributed by atoms with Crippen molar-refractivity contribution >= 4 is 28.6 Å². The number of halogens is 1. The van der Waals surface area contributed by atoms with E-state index in [1.54, 1.807) is 19.1 Å². The standard InChI is InChI=1S/C12H13FN2O2S/c1-8-2-3-9(6-10(8)13)14-11(16)7-15-4-5-18-12(15)17/h2-3,6H,4-5,7H2,1H3,(H,14,16). The Morgan fingerprint density at radius 3 is 2.94 bits per heavy atom. The number of nitrogens with zero attached hydrogens (tertiary/aromatic N) is 1. The van der Waals surface area contributed by atoms with E-state index in [1.165, 1.54) is 22.7 Å². The highest BCUT2D eigenvalue weighted by atomic mass is 32.2. The van der Waals surface area contributed by atoms with E-state index >= 15 is 0 Å². The molecule has 0 atom stereocenters. The SMILES string of the molecule is Cc1ccc(NC(=O)CN2CCSC2=O)cc1F. The van der Waals surface area contributed by atoms with Crippen LogP contribution in [0.1, 0.15) is 5.56 Å². The van der Waals surface area contributed by atoms with E-state index in [9.17, 15) is 14.0 Å². The van der Waals surface area contributed by atoms with E-state index in [1.807, 2.05) is 0 Å². The summed E-state index contributed by atoms with van der Waals surface area (Å²) in [4.78, 5) is 24.5. The summed E-state index contributed by atoms with van der Waals surface area (Å²) in [6.45, 7) is 2.25. The third-order valence-electron chi connectivity index (χ3n) is 2.63. The van der Waals surface area contributed by atoms with E-state index in [0.29, 0.717) is 23.5 Å². The maximum Gasteiger partial charge on any atom is 0.282 e. The van der Waals surface area contributed by atoms with Gasteiger partial charge in [-0.1, -0.05) is 17.8 Å². The number of thioether (sulfide) groups is 1. The predicted molar refractivity (Wildman–Crippen MR) is 69.2 cm³/mol. The number of carbonyl (C=O) groups excluding carboxylic acids is 2. The number of hydrogen-bond acceptors (Lipinski definition) is 3. The third-order valence-corrected chi connectivity index (χ3v) is 3.53. The van der Waals surface area contributed by atoms with E-state index in [0.717, 1.165) is 0 Å². The van der Waals surface area contributed by atoms with Crippen LogP contribution in [0.3, 0.4) is 0 Å². The Bertz CT molecular complexity index is 493. The molecule has 96 valence electrons. The summed E-state index contributed by atoms with van der Waals surface area (Å²) in [6.07, 6.45) is 0. The minimum Gasteiger partial charge on any atom is -0.324 e. The zero-order chi connectivity index (χ0) is 13.1. The number of nitrogens with one attached hydrogen (secondary N) is 1. The highest BCUT2D eigenvalue weighted by Crippen LogP contribution is 2.17. The van der Waals surface area contributed by atoms with Gasteiger partial charge >= 0.3 is 0 Å². The quantitative estimate of drug-likeness (QED) is 0.914. The fourth-order valence-corrected chi connectivity index (χ4v) is 2.44. The number of carbonyl (C=O) groups is 2. The molecular formula is C12H13FN2O2S. The van der Waals surface area contributed by atoms with Crippen LogP contribution in [0.15, 0.2) is 18.2 Å². The van der Waals surface area contributed by atoms with Crippen molar-refractivity contribution in [3.05, 3.63) is 29.6 Å². The molecule has 1 saturated heterocycles. The van der Waals surface area contributed by atoms with Crippen molar-refractivity contribution in [2.24, 2.45) is 0 Å². The zero-order valence-electron chi connectivity index (χ0n) is 9.90. The first-order chi connectivity index (χ1) is 8.56. The molecular weight excluding hydrogens is 255 g/mol. The second-order valence-corrected chi connectivity index (χ2v) is 5.09. The van der Waals surface area contributed by atoms with Gasteiger partial charge in [-0.05, 0) is 24.6 Å². The van der Waals surface area contributed by atoms with Crippen molar-refractivity contribution < 1.29 is 14.0 Å². The second-order valence-electron chi connectivity index (χ2n) is 4.05. The van der Waals surface area contributed by atoms with Gasteiger partial charge in [-0.2, -0.15) is 0 Å². The number of amides is 2. The molecule has 0 aliphatic carbocycles. The molecule has 2 rings (SSSR count). The third kappa shape index (κ3) is 3.01. The van der Waals surface area contributed by atoms with E-state index < -0.39 is 0 Å². The van der Waals surface area contributed by atoms with Crippen LogP contribution < -0.4 is 5.32 Å². The number of anilines is 1. The lowest BCUT2D eigenvalue weighted by molar-refractivity contribution is -0.116. The lowest BCUT2D eigenvalue weighted by atomic mass is 10.2. The molecule has 0 spiro atoms. The Kier molecular flexibility index (Phi) is 3.86. The number of aryl methyl sites for hydroxylation is 1. The first-order valence-corrected chi connectivity index (χ1v) is 6.52. The summed E-state index contributed by atoms with van der Waals surface area (Å²) >= 11 is 1.21. The lowest BCUT2D eigenvalue weighted by Crippen LogP contribution is -2.33. The first kappa shape index (κ1) is 12.9. The first-order valence-electron chi connectivity index (χ1n) is 5.54. The summed E-state index contributed by atoms with van der Waals surface area (Å²) in [6, 6.07) is 4.51. The molecule has 1 aliphatic heterocycles. The Morgan fingerprint density at radius 1 is 1.56 bits per heavy atom. The molecule has 18 heavy (non-hydrogen) atoms. The van der Waals surface area contributed by atoms with Crippen molar-refractivity contribution in [3.8, 4) is 0 Å². The molecule has 2 amide bonds. The van der Waals surface area contributed by atoms with E-state index in [2.05, 4.69) is 5.32 Å². The summed E-state index contributed by atoms with van der Waals surface area (Å²) in [5, 5.41) is 2.49. The smallest absolute Gasteiger partial charge is 0.282 e. The van der Waals surface area contributed by atoms with Crippen LogP contribution in [0.2, 0.25) is 0 Å². The maximum absolute atomic E-state index is 13.3. The lowest BCUT2D eigenvalue weighted by Gasteiger charge is -2.14. The number of rotatable bonds is 3. The summed E-state index contributed by atoms with van der Waals surface area (Å²) in [5.74, 6) is 0.0420. The van der Waals surface area contributed by atoms with Crippen LogP contribution in [0.4, 0.5) is 14.9 Å². The molecule has 1 fully saturated rings. The van der Waals surface area contributed by atoms with Gasteiger partial charge in [0.1, 0.15) is 12.4 Å². The van der Waals surface area contributed by atoms with Gasteiger partial charge in [0.15, 0.2) is 0 Å². The molecule has 6 heteroatoms. The zero-order valence-corrected chi connectivity index (χ0v) is 10.7. The van der Waals surface area contributed by atoms with Crippen molar-refractivity contribution in [1.29, 1.82) is 0 Å². The fraction of sp³-hybridized carbons (Fsp3) is 0.333. The summed E-state index contributed by atoms with van der Waals surface area (Å²) in [5.41, 5.74) is 0.932. The largest absolute Gasteiger partial charge is 0.324 e. The van der Waals surface area contributed by atoms with Gasteiger partial charge in [-0.15, -0.1) is 0 Å². The fourth-order valence-electron chi connectivity index (χ4n) is 1.61.